The Morgan fingerprint density at radius 2 is 2.00 bits per heavy atom. The van der Waals surface area contributed by atoms with Gasteiger partial charge in [0.05, 0.1) is 25.3 Å². The number of aromatic nitrogens is 2. The highest BCUT2D eigenvalue weighted by atomic mass is 32.2. The first-order valence-corrected chi connectivity index (χ1v) is 6.92. The predicted octanol–water partition coefficient (Wildman–Crippen LogP) is 2.41. The molecule has 0 amide bonds. The zero-order chi connectivity index (χ0) is 14.0. The molecule has 0 radical (unpaired) electrons. The average Bonchev–Trinajstić information content (AvgIpc) is 2.77. The molecule has 1 aromatic heterocycles. The van der Waals surface area contributed by atoms with E-state index in [1.807, 2.05) is 25.4 Å². The van der Waals surface area contributed by atoms with Crippen LogP contribution in [0.15, 0.2) is 23.2 Å². The molecule has 2 rings (SSSR count). The van der Waals surface area contributed by atoms with Crippen LogP contribution in [0.3, 0.4) is 0 Å². The normalized spacial score (nSPS) is 10.5. The first-order chi connectivity index (χ1) is 9.12. The van der Waals surface area contributed by atoms with E-state index in [1.54, 1.807) is 36.9 Å². The van der Waals surface area contributed by atoms with Crippen molar-refractivity contribution in [2.75, 3.05) is 26.2 Å². The molecular weight excluding hydrogens is 262 g/mol. The van der Waals surface area contributed by atoms with Crippen LogP contribution >= 0.6 is 11.8 Å². The number of nitrogen functional groups attached to an aromatic ring is 1. The fourth-order valence-electron chi connectivity index (χ4n) is 1.91. The topological polar surface area (TPSA) is 62.3 Å². The number of nitrogens with two attached hydrogens (primary N) is 1. The van der Waals surface area contributed by atoms with Gasteiger partial charge in [0.25, 0.3) is 0 Å². The Labute approximate surface area is 116 Å². The number of rotatable bonds is 4. The number of nitrogens with zero attached hydrogens (tertiary/aromatic N) is 2. The number of hydrogen-bond acceptors (Lipinski definition) is 5. The fraction of sp³-hybridized carbons (Fsp3) is 0.308. The molecule has 0 atom stereocenters. The van der Waals surface area contributed by atoms with E-state index in [4.69, 9.17) is 15.2 Å². The van der Waals surface area contributed by atoms with Gasteiger partial charge in [0, 0.05) is 12.6 Å². The van der Waals surface area contributed by atoms with Crippen LogP contribution in [0.25, 0.3) is 11.1 Å². The van der Waals surface area contributed by atoms with Crippen LogP contribution in [-0.2, 0) is 7.05 Å². The molecule has 2 aromatic rings. The minimum absolute atomic E-state index is 0.624. The van der Waals surface area contributed by atoms with Crippen LogP contribution in [0, 0.1) is 0 Å². The third-order valence-electron chi connectivity index (χ3n) is 2.96. The average molecular weight is 279 g/mol. The maximum absolute atomic E-state index is 6.01. The Hall–Kier alpha value is -1.82. The lowest BCUT2D eigenvalue weighted by molar-refractivity contribution is 0.348. The van der Waals surface area contributed by atoms with Crippen molar-refractivity contribution in [2.24, 2.45) is 7.05 Å². The monoisotopic (exact) mass is 279 g/mol. The van der Waals surface area contributed by atoms with Gasteiger partial charge < -0.3 is 15.2 Å². The Morgan fingerprint density at radius 3 is 2.47 bits per heavy atom. The van der Waals surface area contributed by atoms with Gasteiger partial charge in [0.2, 0.25) is 0 Å². The zero-order valence-corrected chi connectivity index (χ0v) is 12.2. The van der Waals surface area contributed by atoms with E-state index < -0.39 is 0 Å². The zero-order valence-electron chi connectivity index (χ0n) is 11.4. The van der Waals surface area contributed by atoms with E-state index in [9.17, 15) is 0 Å². The highest BCUT2D eigenvalue weighted by Crippen LogP contribution is 2.41. The maximum atomic E-state index is 6.01. The second-order valence-electron chi connectivity index (χ2n) is 3.98. The molecule has 0 aliphatic heterocycles. The first-order valence-electron chi connectivity index (χ1n) is 5.70. The summed E-state index contributed by atoms with van der Waals surface area (Å²) in [7, 11) is 5.07. The molecule has 0 unspecified atom stereocenters. The number of ether oxygens (including phenoxy) is 2. The summed E-state index contributed by atoms with van der Waals surface area (Å²) in [5, 5.41) is 4.16. The number of hydrogen-bond donors (Lipinski definition) is 1. The van der Waals surface area contributed by atoms with Crippen molar-refractivity contribution in [3.8, 4) is 22.6 Å². The summed E-state index contributed by atoms with van der Waals surface area (Å²) in [6, 6.07) is 3.94. The van der Waals surface area contributed by atoms with E-state index >= 15 is 0 Å². The van der Waals surface area contributed by atoms with Crippen molar-refractivity contribution in [2.45, 2.75) is 4.90 Å². The summed E-state index contributed by atoms with van der Waals surface area (Å²) >= 11 is 1.60. The Balaban J connectivity index is 2.62. The largest absolute Gasteiger partial charge is 0.493 e. The van der Waals surface area contributed by atoms with Gasteiger partial charge in [-0.15, -0.1) is 11.8 Å². The molecule has 0 aliphatic rings. The molecule has 0 bridgehead atoms. The molecule has 1 heterocycles. The SMILES string of the molecule is COc1cc(-c2cnn(C)c2N)cc(SC)c1OC. The Kier molecular flexibility index (Phi) is 3.90. The molecule has 0 aliphatic carbocycles. The molecule has 6 heteroatoms. The quantitative estimate of drug-likeness (QED) is 0.871. The lowest BCUT2D eigenvalue weighted by Crippen LogP contribution is -1.98. The fourth-order valence-corrected chi connectivity index (χ4v) is 2.52. The second-order valence-corrected chi connectivity index (χ2v) is 4.83. The van der Waals surface area contributed by atoms with E-state index in [0.29, 0.717) is 11.6 Å². The van der Waals surface area contributed by atoms with E-state index in [0.717, 1.165) is 21.8 Å². The number of thioether (sulfide) groups is 1. The molecule has 0 spiro atoms. The van der Waals surface area contributed by atoms with Crippen molar-refractivity contribution < 1.29 is 9.47 Å². The lowest BCUT2D eigenvalue weighted by atomic mass is 10.1. The van der Waals surface area contributed by atoms with Gasteiger partial charge in [-0.2, -0.15) is 5.10 Å². The van der Waals surface area contributed by atoms with Crippen molar-refractivity contribution in [1.82, 2.24) is 9.78 Å². The standard InChI is InChI=1S/C13H17N3O2S/c1-16-13(14)9(7-15-16)8-5-10(17-2)12(18-3)11(6-8)19-4/h5-7H,14H2,1-4H3. The van der Waals surface area contributed by atoms with Gasteiger partial charge in [-0.3, -0.25) is 4.68 Å². The second kappa shape index (κ2) is 5.44. The van der Waals surface area contributed by atoms with Gasteiger partial charge >= 0.3 is 0 Å². The molecule has 5 nitrogen and oxygen atoms in total. The van der Waals surface area contributed by atoms with Crippen LogP contribution in [-0.4, -0.2) is 30.3 Å². The molecular formula is C13H17N3O2S. The first kappa shape index (κ1) is 13.6. The van der Waals surface area contributed by atoms with Crippen LogP contribution in [0.4, 0.5) is 5.82 Å². The minimum atomic E-state index is 0.624. The highest BCUT2D eigenvalue weighted by molar-refractivity contribution is 7.98. The van der Waals surface area contributed by atoms with Crippen molar-refractivity contribution in [1.29, 1.82) is 0 Å². The van der Waals surface area contributed by atoms with Crippen LogP contribution in [0.2, 0.25) is 0 Å². The summed E-state index contributed by atoms with van der Waals surface area (Å²) in [4.78, 5) is 1.00. The molecule has 0 saturated carbocycles. The van der Waals surface area contributed by atoms with Gasteiger partial charge in [0.1, 0.15) is 5.82 Å². The summed E-state index contributed by atoms with van der Waals surface area (Å²) in [6.45, 7) is 0. The van der Waals surface area contributed by atoms with E-state index in [2.05, 4.69) is 5.10 Å². The maximum Gasteiger partial charge on any atom is 0.174 e. The Morgan fingerprint density at radius 1 is 1.26 bits per heavy atom. The third kappa shape index (κ3) is 2.35. The van der Waals surface area contributed by atoms with Crippen LogP contribution in [0.1, 0.15) is 0 Å². The molecule has 0 saturated heterocycles. The van der Waals surface area contributed by atoms with Crippen molar-refractivity contribution in [3.05, 3.63) is 18.3 Å². The van der Waals surface area contributed by atoms with Crippen molar-refractivity contribution in [3.63, 3.8) is 0 Å². The summed E-state index contributed by atoms with van der Waals surface area (Å²) in [6.07, 6.45) is 3.74. The van der Waals surface area contributed by atoms with Crippen LogP contribution < -0.4 is 15.2 Å². The molecule has 102 valence electrons. The molecule has 2 N–H and O–H groups in total. The van der Waals surface area contributed by atoms with Gasteiger partial charge in [-0.25, -0.2) is 0 Å². The molecule has 19 heavy (non-hydrogen) atoms. The summed E-state index contributed by atoms with van der Waals surface area (Å²) < 4.78 is 12.4. The summed E-state index contributed by atoms with van der Waals surface area (Å²) in [5.41, 5.74) is 7.86. The summed E-state index contributed by atoms with van der Waals surface area (Å²) in [5.74, 6) is 2.05. The number of benzene rings is 1. The highest BCUT2D eigenvalue weighted by Gasteiger charge is 2.15. The van der Waals surface area contributed by atoms with Gasteiger partial charge in [-0.05, 0) is 24.0 Å². The number of methoxy groups -OCH3 is 2. The van der Waals surface area contributed by atoms with Gasteiger partial charge in [-0.1, -0.05) is 0 Å². The third-order valence-corrected chi connectivity index (χ3v) is 3.70. The molecule has 0 fully saturated rings. The molecule has 1 aromatic carbocycles. The Bertz CT molecular complexity index is 571. The van der Waals surface area contributed by atoms with Crippen molar-refractivity contribution >= 4 is 17.6 Å². The minimum Gasteiger partial charge on any atom is -0.493 e. The lowest BCUT2D eigenvalue weighted by Gasteiger charge is -2.13. The number of aryl methyl sites for hydroxylation is 1. The van der Waals surface area contributed by atoms with Gasteiger partial charge in [0.15, 0.2) is 11.5 Å². The van der Waals surface area contributed by atoms with E-state index in [-0.39, 0.29) is 0 Å². The van der Waals surface area contributed by atoms with Crippen LogP contribution in [0.5, 0.6) is 11.5 Å². The smallest absolute Gasteiger partial charge is 0.174 e. The van der Waals surface area contributed by atoms with E-state index in [1.165, 1.54) is 0 Å². The number of anilines is 1. The predicted molar refractivity (Wildman–Crippen MR) is 77.9 cm³/mol.